The SMILES string of the molecule is Cc1cc(CNC(C)c2oc3ccccc3c2C)sc1C. The molecule has 21 heavy (non-hydrogen) atoms. The Bertz CT molecular complexity index is 749. The van der Waals surface area contributed by atoms with E-state index in [4.69, 9.17) is 4.42 Å². The van der Waals surface area contributed by atoms with Crippen molar-refractivity contribution in [3.05, 3.63) is 57.0 Å². The molecule has 0 fully saturated rings. The smallest absolute Gasteiger partial charge is 0.134 e. The van der Waals surface area contributed by atoms with Gasteiger partial charge in [-0.1, -0.05) is 18.2 Å². The summed E-state index contributed by atoms with van der Waals surface area (Å²) in [5.41, 5.74) is 3.59. The zero-order valence-corrected chi connectivity index (χ0v) is 13.8. The maximum absolute atomic E-state index is 6.02. The Kier molecular flexibility index (Phi) is 3.87. The zero-order chi connectivity index (χ0) is 15.0. The van der Waals surface area contributed by atoms with Gasteiger partial charge in [-0.25, -0.2) is 0 Å². The fourth-order valence-electron chi connectivity index (χ4n) is 2.69. The third kappa shape index (κ3) is 2.76. The summed E-state index contributed by atoms with van der Waals surface area (Å²) >= 11 is 1.87. The maximum atomic E-state index is 6.02. The Hall–Kier alpha value is -1.58. The van der Waals surface area contributed by atoms with Crippen molar-refractivity contribution in [3.8, 4) is 0 Å². The molecule has 2 nitrogen and oxygen atoms in total. The molecule has 2 aromatic heterocycles. The highest BCUT2D eigenvalue weighted by Crippen LogP contribution is 2.29. The van der Waals surface area contributed by atoms with Crippen LogP contribution in [0.3, 0.4) is 0 Å². The maximum Gasteiger partial charge on any atom is 0.134 e. The van der Waals surface area contributed by atoms with Gasteiger partial charge in [0.2, 0.25) is 0 Å². The highest BCUT2D eigenvalue weighted by molar-refractivity contribution is 7.12. The standard InChI is InChI=1S/C18H21NOS/c1-11-9-15(21-14(11)4)10-19-13(3)18-12(2)16-7-5-6-8-17(16)20-18/h5-9,13,19H,10H2,1-4H3. The molecular weight excluding hydrogens is 278 g/mol. The van der Waals surface area contributed by atoms with E-state index in [1.54, 1.807) is 0 Å². The molecule has 0 aliphatic carbocycles. The number of aryl methyl sites for hydroxylation is 3. The molecule has 0 bridgehead atoms. The van der Waals surface area contributed by atoms with E-state index < -0.39 is 0 Å². The topological polar surface area (TPSA) is 25.2 Å². The fraction of sp³-hybridized carbons (Fsp3) is 0.333. The van der Waals surface area contributed by atoms with Gasteiger partial charge in [-0.2, -0.15) is 0 Å². The van der Waals surface area contributed by atoms with E-state index in [2.05, 4.69) is 51.2 Å². The van der Waals surface area contributed by atoms with E-state index in [-0.39, 0.29) is 6.04 Å². The largest absolute Gasteiger partial charge is 0.459 e. The van der Waals surface area contributed by atoms with Crippen LogP contribution in [0, 0.1) is 20.8 Å². The molecule has 2 heterocycles. The zero-order valence-electron chi connectivity index (χ0n) is 13.0. The minimum Gasteiger partial charge on any atom is -0.459 e. The molecule has 1 atom stereocenters. The number of hydrogen-bond acceptors (Lipinski definition) is 3. The Labute approximate surface area is 129 Å². The van der Waals surface area contributed by atoms with Gasteiger partial charge in [-0.05, 0) is 51.0 Å². The monoisotopic (exact) mass is 299 g/mol. The van der Waals surface area contributed by atoms with Gasteiger partial charge in [0.1, 0.15) is 11.3 Å². The second-order valence-corrected chi connectivity index (χ2v) is 6.98. The molecule has 3 heteroatoms. The molecule has 3 rings (SSSR count). The van der Waals surface area contributed by atoms with Gasteiger partial charge in [-0.15, -0.1) is 11.3 Å². The molecule has 0 radical (unpaired) electrons. The van der Waals surface area contributed by atoms with Crippen molar-refractivity contribution in [3.63, 3.8) is 0 Å². The summed E-state index contributed by atoms with van der Waals surface area (Å²) in [6.07, 6.45) is 0. The molecule has 0 amide bonds. The van der Waals surface area contributed by atoms with Gasteiger partial charge in [0.05, 0.1) is 6.04 Å². The van der Waals surface area contributed by atoms with Gasteiger partial charge in [0.15, 0.2) is 0 Å². The molecular formula is C18H21NOS. The van der Waals surface area contributed by atoms with E-state index in [9.17, 15) is 0 Å². The number of furan rings is 1. The van der Waals surface area contributed by atoms with E-state index in [1.165, 1.54) is 26.3 Å². The van der Waals surface area contributed by atoms with Crippen LogP contribution in [0.15, 0.2) is 34.7 Å². The summed E-state index contributed by atoms with van der Waals surface area (Å²) in [6, 6.07) is 10.7. The van der Waals surface area contributed by atoms with Crippen molar-refractivity contribution in [2.45, 2.75) is 40.3 Å². The summed E-state index contributed by atoms with van der Waals surface area (Å²) in [7, 11) is 0. The average molecular weight is 299 g/mol. The lowest BCUT2D eigenvalue weighted by Crippen LogP contribution is -2.17. The minimum absolute atomic E-state index is 0.208. The third-order valence-corrected chi connectivity index (χ3v) is 5.23. The predicted octanol–water partition coefficient (Wildman–Crippen LogP) is 5.27. The number of para-hydroxylation sites is 1. The lowest BCUT2D eigenvalue weighted by atomic mass is 10.1. The lowest BCUT2D eigenvalue weighted by Gasteiger charge is -2.11. The van der Waals surface area contributed by atoms with E-state index >= 15 is 0 Å². The summed E-state index contributed by atoms with van der Waals surface area (Å²) < 4.78 is 6.02. The number of hydrogen-bond donors (Lipinski definition) is 1. The highest BCUT2D eigenvalue weighted by atomic mass is 32.1. The molecule has 110 valence electrons. The molecule has 0 saturated heterocycles. The number of rotatable bonds is 4. The van der Waals surface area contributed by atoms with Crippen LogP contribution in [0.4, 0.5) is 0 Å². The fourth-order valence-corrected chi connectivity index (χ4v) is 3.69. The normalized spacial score (nSPS) is 13.0. The van der Waals surface area contributed by atoms with Crippen LogP contribution in [0.2, 0.25) is 0 Å². The summed E-state index contributed by atoms with van der Waals surface area (Å²) in [5, 5.41) is 4.79. The number of thiophene rings is 1. The molecule has 1 N–H and O–H groups in total. The number of fused-ring (bicyclic) bond motifs is 1. The third-order valence-electron chi connectivity index (χ3n) is 4.07. The molecule has 1 aromatic carbocycles. The van der Waals surface area contributed by atoms with Crippen molar-refractivity contribution >= 4 is 22.3 Å². The van der Waals surface area contributed by atoms with Gasteiger partial charge < -0.3 is 9.73 Å². The van der Waals surface area contributed by atoms with Crippen LogP contribution in [0.25, 0.3) is 11.0 Å². The minimum atomic E-state index is 0.208. The first-order chi connectivity index (χ1) is 10.1. The summed E-state index contributed by atoms with van der Waals surface area (Å²) in [4.78, 5) is 2.78. The van der Waals surface area contributed by atoms with E-state index in [0.717, 1.165) is 17.9 Å². The van der Waals surface area contributed by atoms with Crippen LogP contribution in [-0.2, 0) is 6.54 Å². The van der Waals surface area contributed by atoms with Crippen LogP contribution in [0.5, 0.6) is 0 Å². The first-order valence-corrected chi connectivity index (χ1v) is 8.15. The van der Waals surface area contributed by atoms with Crippen molar-refractivity contribution in [2.75, 3.05) is 0 Å². The van der Waals surface area contributed by atoms with Crippen molar-refractivity contribution in [2.24, 2.45) is 0 Å². The van der Waals surface area contributed by atoms with E-state index in [0.29, 0.717) is 0 Å². The van der Waals surface area contributed by atoms with Crippen LogP contribution < -0.4 is 5.32 Å². The van der Waals surface area contributed by atoms with Gasteiger partial charge in [0.25, 0.3) is 0 Å². The number of benzene rings is 1. The first-order valence-electron chi connectivity index (χ1n) is 7.33. The summed E-state index contributed by atoms with van der Waals surface area (Å²) in [5.74, 6) is 1.04. The second-order valence-electron chi connectivity index (χ2n) is 5.64. The van der Waals surface area contributed by atoms with Crippen LogP contribution in [-0.4, -0.2) is 0 Å². The second kappa shape index (κ2) is 5.66. The predicted molar refractivity (Wildman–Crippen MR) is 90.0 cm³/mol. The first kappa shape index (κ1) is 14.4. The Balaban J connectivity index is 1.77. The molecule has 0 aliphatic rings. The van der Waals surface area contributed by atoms with Crippen molar-refractivity contribution in [1.82, 2.24) is 5.32 Å². The average Bonchev–Trinajstić information content (AvgIpc) is 2.98. The van der Waals surface area contributed by atoms with Gasteiger partial charge >= 0.3 is 0 Å². The lowest BCUT2D eigenvalue weighted by molar-refractivity contribution is 0.449. The van der Waals surface area contributed by atoms with Gasteiger partial charge in [-0.3, -0.25) is 0 Å². The Morgan fingerprint density at radius 3 is 2.62 bits per heavy atom. The molecule has 0 saturated carbocycles. The number of nitrogens with one attached hydrogen (secondary N) is 1. The summed E-state index contributed by atoms with van der Waals surface area (Å²) in [6.45, 7) is 9.53. The van der Waals surface area contributed by atoms with Crippen LogP contribution >= 0.6 is 11.3 Å². The molecule has 0 aliphatic heterocycles. The Morgan fingerprint density at radius 1 is 1.19 bits per heavy atom. The van der Waals surface area contributed by atoms with Crippen molar-refractivity contribution in [1.29, 1.82) is 0 Å². The van der Waals surface area contributed by atoms with Crippen molar-refractivity contribution < 1.29 is 4.42 Å². The van der Waals surface area contributed by atoms with Crippen LogP contribution in [0.1, 0.15) is 39.6 Å². The van der Waals surface area contributed by atoms with E-state index in [1.807, 2.05) is 23.5 Å². The highest BCUT2D eigenvalue weighted by Gasteiger charge is 2.16. The molecule has 1 unspecified atom stereocenters. The quantitative estimate of drug-likeness (QED) is 0.710. The van der Waals surface area contributed by atoms with Gasteiger partial charge in [0, 0.05) is 21.7 Å². The Morgan fingerprint density at radius 2 is 1.95 bits per heavy atom. The molecule has 3 aromatic rings. The molecule has 0 spiro atoms.